The van der Waals surface area contributed by atoms with Crippen molar-refractivity contribution < 1.29 is 5.11 Å². The molecule has 15 heavy (non-hydrogen) atoms. The molecule has 0 amide bonds. The molecule has 80 valence electrons. The van der Waals surface area contributed by atoms with Gasteiger partial charge in [0.2, 0.25) is 0 Å². The van der Waals surface area contributed by atoms with Crippen molar-refractivity contribution >= 4 is 0 Å². The maximum Gasteiger partial charge on any atom is 0.0894 e. The Morgan fingerprint density at radius 1 is 1.33 bits per heavy atom. The normalized spacial score (nSPS) is 14.2. The third-order valence-corrected chi connectivity index (χ3v) is 2.81. The van der Waals surface area contributed by atoms with Crippen molar-refractivity contribution in [3.63, 3.8) is 0 Å². The van der Waals surface area contributed by atoms with Crippen molar-refractivity contribution in [2.75, 3.05) is 0 Å². The van der Waals surface area contributed by atoms with Crippen LogP contribution in [-0.4, -0.2) is 5.11 Å². The van der Waals surface area contributed by atoms with Crippen LogP contribution in [0.4, 0.5) is 0 Å². The first-order chi connectivity index (χ1) is 7.23. The van der Waals surface area contributed by atoms with Crippen molar-refractivity contribution in [2.45, 2.75) is 38.2 Å². The van der Waals surface area contributed by atoms with Gasteiger partial charge in [0.25, 0.3) is 0 Å². The van der Waals surface area contributed by atoms with Gasteiger partial charge >= 0.3 is 0 Å². The molecule has 1 nitrogen and oxygen atoms in total. The van der Waals surface area contributed by atoms with Gasteiger partial charge in [-0.1, -0.05) is 37.3 Å². The van der Waals surface area contributed by atoms with E-state index in [0.29, 0.717) is 0 Å². The highest BCUT2D eigenvalue weighted by Crippen LogP contribution is 2.30. The number of aliphatic hydroxyl groups is 1. The summed E-state index contributed by atoms with van der Waals surface area (Å²) in [4.78, 5) is 0. The lowest BCUT2D eigenvalue weighted by atomic mass is 9.86. The fourth-order valence-corrected chi connectivity index (χ4v) is 1.76. The molecule has 1 aromatic rings. The second-order valence-corrected chi connectivity index (χ2v) is 3.81. The van der Waals surface area contributed by atoms with E-state index in [9.17, 15) is 5.11 Å². The topological polar surface area (TPSA) is 20.2 Å². The van der Waals surface area contributed by atoms with Crippen LogP contribution in [0.1, 0.15) is 38.2 Å². The lowest BCUT2D eigenvalue weighted by molar-refractivity contribution is 0.0217. The predicted octanol–water partition coefficient (Wildman–Crippen LogP) is 3.09. The Morgan fingerprint density at radius 3 is 2.53 bits per heavy atom. The summed E-state index contributed by atoms with van der Waals surface area (Å²) in [6.07, 6.45) is 8.27. The molecule has 1 aromatic carbocycles. The molecule has 0 spiro atoms. The zero-order valence-corrected chi connectivity index (χ0v) is 9.24. The Morgan fingerprint density at radius 2 is 2.00 bits per heavy atom. The Bertz CT molecular complexity index is 323. The molecular formula is C14H18O. The van der Waals surface area contributed by atoms with E-state index in [1.165, 1.54) is 0 Å². The van der Waals surface area contributed by atoms with Gasteiger partial charge in [0.05, 0.1) is 5.60 Å². The molecule has 0 aromatic heterocycles. The van der Waals surface area contributed by atoms with Crippen molar-refractivity contribution in [3.05, 3.63) is 35.9 Å². The summed E-state index contributed by atoms with van der Waals surface area (Å²) in [5, 5.41) is 10.4. The Hall–Kier alpha value is -1.26. The molecule has 0 aliphatic heterocycles. The quantitative estimate of drug-likeness (QED) is 0.574. The van der Waals surface area contributed by atoms with E-state index in [0.717, 1.165) is 31.2 Å². The Kier molecular flexibility index (Phi) is 4.39. The van der Waals surface area contributed by atoms with E-state index in [-0.39, 0.29) is 0 Å². The number of terminal acetylenes is 1. The van der Waals surface area contributed by atoms with E-state index in [2.05, 4.69) is 5.92 Å². The van der Waals surface area contributed by atoms with Crippen molar-refractivity contribution in [3.8, 4) is 12.3 Å². The second-order valence-electron chi connectivity index (χ2n) is 3.81. The molecule has 0 heterocycles. The third-order valence-electron chi connectivity index (χ3n) is 2.81. The summed E-state index contributed by atoms with van der Waals surface area (Å²) in [5.74, 6) is 2.60. The molecule has 1 unspecified atom stereocenters. The van der Waals surface area contributed by atoms with Crippen molar-refractivity contribution in [1.82, 2.24) is 0 Å². The van der Waals surface area contributed by atoms with Gasteiger partial charge < -0.3 is 5.11 Å². The third kappa shape index (κ3) is 3.11. The van der Waals surface area contributed by atoms with E-state index in [1.807, 2.05) is 37.3 Å². The molecular weight excluding hydrogens is 184 g/mol. The van der Waals surface area contributed by atoms with Crippen LogP contribution in [0.5, 0.6) is 0 Å². The highest BCUT2D eigenvalue weighted by Gasteiger charge is 2.25. The summed E-state index contributed by atoms with van der Waals surface area (Å²) in [5.41, 5.74) is 0.280. The standard InChI is InChI=1S/C14H18O/c1-3-5-9-12-14(15,4-2)13-10-7-6-8-11-13/h1,6-8,10-11,15H,4-5,9,12H2,2H3. The average Bonchev–Trinajstić information content (AvgIpc) is 2.30. The first-order valence-corrected chi connectivity index (χ1v) is 5.44. The molecule has 1 N–H and O–H groups in total. The summed E-state index contributed by atoms with van der Waals surface area (Å²) < 4.78 is 0. The average molecular weight is 202 g/mol. The number of hydrogen-bond acceptors (Lipinski definition) is 1. The van der Waals surface area contributed by atoms with E-state index >= 15 is 0 Å². The lowest BCUT2D eigenvalue weighted by Crippen LogP contribution is -2.24. The summed E-state index contributed by atoms with van der Waals surface area (Å²) in [6, 6.07) is 9.81. The van der Waals surface area contributed by atoms with E-state index in [1.54, 1.807) is 0 Å². The minimum absolute atomic E-state index is 0.710. The van der Waals surface area contributed by atoms with Gasteiger partial charge in [0.15, 0.2) is 0 Å². The molecule has 0 saturated carbocycles. The van der Waals surface area contributed by atoms with Gasteiger partial charge in [-0.15, -0.1) is 12.3 Å². The maximum absolute atomic E-state index is 10.4. The number of hydrogen-bond donors (Lipinski definition) is 1. The summed E-state index contributed by atoms with van der Waals surface area (Å²) in [7, 11) is 0. The largest absolute Gasteiger partial charge is 0.385 e. The van der Waals surface area contributed by atoms with Crippen LogP contribution in [0, 0.1) is 12.3 Å². The first-order valence-electron chi connectivity index (χ1n) is 5.44. The zero-order chi connectivity index (χ0) is 11.1. The molecule has 1 heteroatoms. The number of rotatable bonds is 5. The van der Waals surface area contributed by atoms with Crippen LogP contribution in [0.15, 0.2) is 30.3 Å². The summed E-state index contributed by atoms with van der Waals surface area (Å²) in [6.45, 7) is 2.00. The van der Waals surface area contributed by atoms with Crippen LogP contribution in [0.3, 0.4) is 0 Å². The molecule has 0 aliphatic rings. The number of unbranched alkanes of at least 4 members (excludes halogenated alkanes) is 1. The SMILES string of the molecule is C#CCCCC(O)(CC)c1ccccc1. The minimum Gasteiger partial charge on any atom is -0.385 e. The minimum atomic E-state index is -0.710. The maximum atomic E-state index is 10.4. The van der Waals surface area contributed by atoms with Crippen LogP contribution in [-0.2, 0) is 5.60 Å². The molecule has 0 bridgehead atoms. The second kappa shape index (κ2) is 5.58. The van der Waals surface area contributed by atoms with Crippen LogP contribution >= 0.6 is 0 Å². The van der Waals surface area contributed by atoms with Gasteiger partial charge in [-0.3, -0.25) is 0 Å². The van der Waals surface area contributed by atoms with Crippen molar-refractivity contribution in [1.29, 1.82) is 0 Å². The monoisotopic (exact) mass is 202 g/mol. The highest BCUT2D eigenvalue weighted by atomic mass is 16.3. The number of benzene rings is 1. The predicted molar refractivity (Wildman–Crippen MR) is 63.3 cm³/mol. The van der Waals surface area contributed by atoms with Crippen LogP contribution in [0.25, 0.3) is 0 Å². The molecule has 0 aliphatic carbocycles. The molecule has 0 fully saturated rings. The molecule has 0 radical (unpaired) electrons. The van der Waals surface area contributed by atoms with Crippen LogP contribution < -0.4 is 0 Å². The highest BCUT2D eigenvalue weighted by molar-refractivity contribution is 5.22. The smallest absolute Gasteiger partial charge is 0.0894 e. The van der Waals surface area contributed by atoms with Gasteiger partial charge in [-0.05, 0) is 24.8 Å². The van der Waals surface area contributed by atoms with E-state index in [4.69, 9.17) is 6.42 Å². The fraction of sp³-hybridized carbons (Fsp3) is 0.429. The Balaban J connectivity index is 2.73. The van der Waals surface area contributed by atoms with Crippen LogP contribution in [0.2, 0.25) is 0 Å². The Labute approximate surface area is 92.1 Å². The van der Waals surface area contributed by atoms with Gasteiger partial charge in [0.1, 0.15) is 0 Å². The molecule has 1 atom stereocenters. The van der Waals surface area contributed by atoms with Gasteiger partial charge in [0, 0.05) is 6.42 Å². The fourth-order valence-electron chi connectivity index (χ4n) is 1.76. The van der Waals surface area contributed by atoms with E-state index < -0.39 is 5.60 Å². The lowest BCUT2D eigenvalue weighted by Gasteiger charge is -2.27. The van der Waals surface area contributed by atoms with Gasteiger partial charge in [-0.25, -0.2) is 0 Å². The molecule has 0 saturated heterocycles. The summed E-state index contributed by atoms with van der Waals surface area (Å²) >= 11 is 0. The zero-order valence-electron chi connectivity index (χ0n) is 9.24. The first kappa shape index (κ1) is 11.8. The van der Waals surface area contributed by atoms with Gasteiger partial charge in [-0.2, -0.15) is 0 Å². The van der Waals surface area contributed by atoms with Crippen molar-refractivity contribution in [2.24, 2.45) is 0 Å². The molecule has 1 rings (SSSR count).